The van der Waals surface area contributed by atoms with Gasteiger partial charge in [0.25, 0.3) is 0 Å². The van der Waals surface area contributed by atoms with Crippen LogP contribution in [0.3, 0.4) is 0 Å². The standard InChI is InChI=1S/C22H38N8O6/c1-12(2)7-16(29-19(32)14(24)8-13-10-26-11-27-13)21(34)28-15(5-3-4-6-23)20(33)30-17(22(35)36)9-18(25)31/h10-12,14-17H,3-9,23-24H2,1-2H3,(H2,25,31)(H,26,27)(H,28,34)(H,29,32)(H,30,33)(H,35,36). The van der Waals surface area contributed by atoms with Crippen molar-refractivity contribution in [3.8, 4) is 0 Å². The summed E-state index contributed by atoms with van der Waals surface area (Å²) < 4.78 is 0. The van der Waals surface area contributed by atoms with Gasteiger partial charge in [0.15, 0.2) is 0 Å². The van der Waals surface area contributed by atoms with Crippen molar-refractivity contribution in [1.29, 1.82) is 0 Å². The third-order valence-corrected chi connectivity index (χ3v) is 5.27. The molecule has 4 unspecified atom stereocenters. The Morgan fingerprint density at radius 2 is 1.61 bits per heavy atom. The molecular formula is C22H38N8O6. The Morgan fingerprint density at radius 3 is 2.14 bits per heavy atom. The summed E-state index contributed by atoms with van der Waals surface area (Å²) in [5, 5.41) is 16.8. The highest BCUT2D eigenvalue weighted by molar-refractivity contribution is 5.94. The summed E-state index contributed by atoms with van der Waals surface area (Å²) in [5.41, 5.74) is 17.2. The maximum absolute atomic E-state index is 13.1. The van der Waals surface area contributed by atoms with Crippen molar-refractivity contribution in [2.45, 2.75) is 76.5 Å². The Labute approximate surface area is 209 Å². The first kappa shape index (κ1) is 30.5. The van der Waals surface area contributed by atoms with E-state index in [0.29, 0.717) is 25.1 Å². The molecule has 1 rings (SSSR count). The van der Waals surface area contributed by atoms with E-state index in [1.807, 2.05) is 13.8 Å². The van der Waals surface area contributed by atoms with E-state index in [-0.39, 0.29) is 25.2 Å². The van der Waals surface area contributed by atoms with Crippen LogP contribution in [-0.2, 0) is 30.4 Å². The van der Waals surface area contributed by atoms with Gasteiger partial charge in [-0.1, -0.05) is 13.8 Å². The Bertz CT molecular complexity index is 876. The molecule has 0 aliphatic carbocycles. The molecule has 0 radical (unpaired) electrons. The van der Waals surface area contributed by atoms with Crippen molar-refractivity contribution in [1.82, 2.24) is 25.9 Å². The number of unbranched alkanes of at least 4 members (excludes halogenated alkanes) is 1. The van der Waals surface area contributed by atoms with Crippen LogP contribution in [0.15, 0.2) is 12.5 Å². The molecule has 4 amide bonds. The normalized spacial score (nSPS) is 14.4. The number of carboxylic acid groups (broad SMARTS) is 1. The molecule has 0 fully saturated rings. The minimum absolute atomic E-state index is 0.0151. The first-order valence-corrected chi connectivity index (χ1v) is 11.8. The van der Waals surface area contributed by atoms with Gasteiger partial charge in [-0.25, -0.2) is 9.78 Å². The third-order valence-electron chi connectivity index (χ3n) is 5.27. The number of rotatable bonds is 17. The average Bonchev–Trinajstić information content (AvgIpc) is 3.29. The number of H-pyrrole nitrogens is 1. The van der Waals surface area contributed by atoms with Gasteiger partial charge >= 0.3 is 5.97 Å². The van der Waals surface area contributed by atoms with Crippen LogP contribution in [0, 0.1) is 5.92 Å². The van der Waals surface area contributed by atoms with Crippen LogP contribution in [0.25, 0.3) is 0 Å². The first-order chi connectivity index (χ1) is 16.9. The first-order valence-electron chi connectivity index (χ1n) is 11.8. The summed E-state index contributed by atoms with van der Waals surface area (Å²) in [6.45, 7) is 4.09. The number of aliphatic carboxylic acids is 1. The molecule has 0 aliphatic heterocycles. The lowest BCUT2D eigenvalue weighted by Gasteiger charge is -2.26. The van der Waals surface area contributed by atoms with Crippen molar-refractivity contribution < 1.29 is 29.1 Å². The van der Waals surface area contributed by atoms with Gasteiger partial charge in [0, 0.05) is 18.3 Å². The Morgan fingerprint density at radius 1 is 1.00 bits per heavy atom. The zero-order valence-electron chi connectivity index (χ0n) is 20.7. The topological polar surface area (TPSA) is 248 Å². The molecular weight excluding hydrogens is 472 g/mol. The predicted molar refractivity (Wildman–Crippen MR) is 130 cm³/mol. The number of nitrogens with one attached hydrogen (secondary N) is 4. The van der Waals surface area contributed by atoms with Crippen LogP contribution < -0.4 is 33.2 Å². The fraction of sp³-hybridized carbons (Fsp3) is 0.636. The van der Waals surface area contributed by atoms with Crippen molar-refractivity contribution >= 4 is 29.6 Å². The zero-order valence-corrected chi connectivity index (χ0v) is 20.7. The largest absolute Gasteiger partial charge is 0.480 e. The fourth-order valence-corrected chi connectivity index (χ4v) is 3.42. The lowest BCUT2D eigenvalue weighted by atomic mass is 10.0. The van der Waals surface area contributed by atoms with Gasteiger partial charge < -0.3 is 43.2 Å². The van der Waals surface area contributed by atoms with Gasteiger partial charge in [0.2, 0.25) is 23.6 Å². The number of amides is 4. The SMILES string of the molecule is CC(C)CC(NC(=O)C(N)Cc1cnc[nH]1)C(=O)NC(CCCCN)C(=O)NC(CC(N)=O)C(=O)O. The molecule has 0 saturated heterocycles. The van der Waals surface area contributed by atoms with Crippen molar-refractivity contribution in [3.63, 3.8) is 0 Å². The smallest absolute Gasteiger partial charge is 0.326 e. The number of nitrogens with two attached hydrogens (primary N) is 3. The molecule has 1 aromatic heterocycles. The number of aromatic nitrogens is 2. The van der Waals surface area contributed by atoms with E-state index < -0.39 is 60.2 Å². The zero-order chi connectivity index (χ0) is 27.3. The monoisotopic (exact) mass is 510 g/mol. The van der Waals surface area contributed by atoms with Crippen molar-refractivity contribution in [3.05, 3.63) is 18.2 Å². The summed E-state index contributed by atoms with van der Waals surface area (Å²) in [6, 6.07) is -4.60. The average molecular weight is 511 g/mol. The van der Waals surface area contributed by atoms with Gasteiger partial charge in [-0.3, -0.25) is 19.2 Å². The molecule has 202 valence electrons. The van der Waals surface area contributed by atoms with Crippen molar-refractivity contribution in [2.24, 2.45) is 23.1 Å². The predicted octanol–water partition coefficient (Wildman–Crippen LogP) is -2.13. The molecule has 1 heterocycles. The highest BCUT2D eigenvalue weighted by Crippen LogP contribution is 2.09. The summed E-state index contributed by atoms with van der Waals surface area (Å²) in [7, 11) is 0. The molecule has 0 bridgehead atoms. The quantitative estimate of drug-likeness (QED) is 0.106. The number of carbonyl (C=O) groups is 5. The number of imidazole rings is 1. The lowest BCUT2D eigenvalue weighted by molar-refractivity contribution is -0.143. The van der Waals surface area contributed by atoms with E-state index in [2.05, 4.69) is 25.9 Å². The maximum atomic E-state index is 13.1. The molecule has 0 aliphatic rings. The minimum Gasteiger partial charge on any atom is -0.480 e. The molecule has 4 atom stereocenters. The molecule has 1 aromatic rings. The van der Waals surface area contributed by atoms with Crippen LogP contribution in [0.2, 0.25) is 0 Å². The van der Waals surface area contributed by atoms with Crippen LogP contribution >= 0.6 is 0 Å². The summed E-state index contributed by atoms with van der Waals surface area (Å²) in [5.74, 6) is -4.30. The summed E-state index contributed by atoms with van der Waals surface area (Å²) in [6.07, 6.45) is 4.05. The van der Waals surface area contributed by atoms with E-state index in [4.69, 9.17) is 17.2 Å². The van der Waals surface area contributed by atoms with E-state index in [1.54, 1.807) is 6.20 Å². The highest BCUT2D eigenvalue weighted by atomic mass is 16.4. The Hall–Kier alpha value is -3.52. The summed E-state index contributed by atoms with van der Waals surface area (Å²) in [4.78, 5) is 67.9. The van der Waals surface area contributed by atoms with Gasteiger partial charge in [-0.05, 0) is 38.1 Å². The number of carboxylic acids is 1. The molecule has 0 aromatic carbocycles. The van der Waals surface area contributed by atoms with E-state index in [0.717, 1.165) is 0 Å². The van der Waals surface area contributed by atoms with Gasteiger partial charge in [0.05, 0.1) is 18.8 Å². The fourth-order valence-electron chi connectivity index (χ4n) is 3.42. The Balaban J connectivity index is 2.95. The highest BCUT2D eigenvalue weighted by Gasteiger charge is 2.31. The van der Waals surface area contributed by atoms with Gasteiger partial charge in [-0.15, -0.1) is 0 Å². The second kappa shape index (κ2) is 15.5. The number of hydrogen-bond acceptors (Lipinski definition) is 8. The van der Waals surface area contributed by atoms with Crippen LogP contribution in [0.4, 0.5) is 0 Å². The second-order valence-electron chi connectivity index (χ2n) is 8.99. The van der Waals surface area contributed by atoms with Gasteiger partial charge in [-0.2, -0.15) is 0 Å². The van der Waals surface area contributed by atoms with E-state index in [1.165, 1.54) is 6.33 Å². The molecule has 11 N–H and O–H groups in total. The Kier molecular flexibility index (Phi) is 13.1. The van der Waals surface area contributed by atoms with E-state index >= 15 is 0 Å². The molecule has 0 spiro atoms. The number of carbonyl (C=O) groups excluding carboxylic acids is 4. The van der Waals surface area contributed by atoms with Crippen molar-refractivity contribution in [2.75, 3.05) is 6.54 Å². The number of hydrogen-bond donors (Lipinski definition) is 8. The molecule has 0 saturated carbocycles. The molecule has 14 nitrogen and oxygen atoms in total. The van der Waals surface area contributed by atoms with Crippen LogP contribution in [0.5, 0.6) is 0 Å². The molecule has 14 heteroatoms. The van der Waals surface area contributed by atoms with Gasteiger partial charge in [0.1, 0.15) is 18.1 Å². The number of aromatic amines is 1. The number of nitrogens with zero attached hydrogens (tertiary/aromatic N) is 1. The maximum Gasteiger partial charge on any atom is 0.326 e. The van der Waals surface area contributed by atoms with Crippen LogP contribution in [-0.4, -0.2) is 75.4 Å². The third kappa shape index (κ3) is 11.3. The van der Waals surface area contributed by atoms with E-state index in [9.17, 15) is 29.1 Å². The van der Waals surface area contributed by atoms with Crippen LogP contribution in [0.1, 0.15) is 51.6 Å². The number of primary amides is 1. The minimum atomic E-state index is -1.55. The molecule has 36 heavy (non-hydrogen) atoms. The lowest BCUT2D eigenvalue weighted by Crippen LogP contribution is -2.57. The second-order valence-corrected chi connectivity index (χ2v) is 8.99. The summed E-state index contributed by atoms with van der Waals surface area (Å²) >= 11 is 0.